The van der Waals surface area contributed by atoms with Gasteiger partial charge in [-0.05, 0) is 23.8 Å². The Hall–Kier alpha value is -1.75. The van der Waals surface area contributed by atoms with E-state index in [0.717, 1.165) is 5.56 Å². The molecule has 0 unspecified atom stereocenters. The standard InChI is InChI=1S/C13H14ClNO4/c1-7(13(17)18)6-15-12(16)11-5-8-4-9(14)2-3-10(8)19-11/h2-4,7,11H,5-6H2,1H3,(H,15,16)(H,17,18)/t7-,11+/m1/s1. The number of carbonyl (C=O) groups excluding carboxylic acids is 1. The van der Waals surface area contributed by atoms with Crippen molar-refractivity contribution in [2.24, 2.45) is 5.92 Å². The zero-order valence-corrected chi connectivity index (χ0v) is 11.1. The summed E-state index contributed by atoms with van der Waals surface area (Å²) in [7, 11) is 0. The minimum absolute atomic E-state index is 0.0884. The first-order valence-corrected chi connectivity index (χ1v) is 6.30. The van der Waals surface area contributed by atoms with E-state index >= 15 is 0 Å². The maximum atomic E-state index is 11.9. The Balaban J connectivity index is 1.92. The summed E-state index contributed by atoms with van der Waals surface area (Å²) in [6.45, 7) is 1.62. The van der Waals surface area contributed by atoms with E-state index < -0.39 is 18.0 Å². The molecule has 0 saturated carbocycles. The third kappa shape index (κ3) is 3.17. The van der Waals surface area contributed by atoms with Crippen LogP contribution in [0.25, 0.3) is 0 Å². The minimum Gasteiger partial charge on any atom is -0.481 e. The van der Waals surface area contributed by atoms with Gasteiger partial charge in [-0.25, -0.2) is 0 Å². The van der Waals surface area contributed by atoms with E-state index in [1.807, 2.05) is 0 Å². The van der Waals surface area contributed by atoms with Gasteiger partial charge in [-0.15, -0.1) is 0 Å². The predicted molar refractivity (Wildman–Crippen MR) is 69.4 cm³/mol. The molecule has 2 rings (SSSR count). The number of carboxylic acid groups (broad SMARTS) is 1. The summed E-state index contributed by atoms with van der Waals surface area (Å²) in [6, 6.07) is 5.20. The second kappa shape index (κ2) is 5.48. The van der Waals surface area contributed by atoms with Gasteiger partial charge in [-0.1, -0.05) is 18.5 Å². The summed E-state index contributed by atoms with van der Waals surface area (Å²) in [5.41, 5.74) is 0.888. The molecule has 102 valence electrons. The molecular weight excluding hydrogens is 270 g/mol. The van der Waals surface area contributed by atoms with Crippen LogP contribution in [0.5, 0.6) is 5.75 Å². The molecule has 1 aliphatic rings. The van der Waals surface area contributed by atoms with Crippen molar-refractivity contribution in [3.63, 3.8) is 0 Å². The van der Waals surface area contributed by atoms with E-state index in [1.165, 1.54) is 6.92 Å². The fourth-order valence-electron chi connectivity index (χ4n) is 1.82. The first-order chi connectivity index (χ1) is 8.97. The van der Waals surface area contributed by atoms with Crippen LogP contribution in [0, 0.1) is 5.92 Å². The number of aliphatic carboxylic acids is 1. The van der Waals surface area contributed by atoms with Gasteiger partial charge in [0, 0.05) is 18.0 Å². The van der Waals surface area contributed by atoms with E-state index in [9.17, 15) is 9.59 Å². The maximum absolute atomic E-state index is 11.9. The zero-order chi connectivity index (χ0) is 14.0. The Bertz CT molecular complexity index is 517. The Morgan fingerprint density at radius 1 is 1.58 bits per heavy atom. The van der Waals surface area contributed by atoms with Gasteiger partial charge in [0.1, 0.15) is 5.75 Å². The van der Waals surface area contributed by atoms with Crippen LogP contribution < -0.4 is 10.1 Å². The largest absolute Gasteiger partial charge is 0.481 e. The summed E-state index contributed by atoms with van der Waals surface area (Å²) < 4.78 is 5.50. The number of hydrogen-bond donors (Lipinski definition) is 2. The number of carbonyl (C=O) groups is 2. The average Bonchev–Trinajstić information content (AvgIpc) is 2.78. The van der Waals surface area contributed by atoms with E-state index in [-0.39, 0.29) is 12.5 Å². The number of ether oxygens (including phenoxy) is 1. The molecule has 1 amide bonds. The highest BCUT2D eigenvalue weighted by atomic mass is 35.5. The second-order valence-corrected chi connectivity index (χ2v) is 4.98. The van der Waals surface area contributed by atoms with Gasteiger partial charge in [0.05, 0.1) is 5.92 Å². The normalized spacial score (nSPS) is 18.3. The van der Waals surface area contributed by atoms with E-state index in [0.29, 0.717) is 17.2 Å². The number of rotatable bonds is 4. The second-order valence-electron chi connectivity index (χ2n) is 4.55. The van der Waals surface area contributed by atoms with Crippen LogP contribution in [0.3, 0.4) is 0 Å². The monoisotopic (exact) mass is 283 g/mol. The van der Waals surface area contributed by atoms with Crippen molar-refractivity contribution in [1.29, 1.82) is 0 Å². The van der Waals surface area contributed by atoms with Gasteiger partial charge in [-0.3, -0.25) is 9.59 Å². The minimum atomic E-state index is -0.942. The molecule has 0 saturated heterocycles. The molecule has 1 aliphatic heterocycles. The fourth-order valence-corrected chi connectivity index (χ4v) is 2.01. The lowest BCUT2D eigenvalue weighted by Gasteiger charge is -2.12. The molecule has 0 spiro atoms. The Kier molecular flexibility index (Phi) is 3.95. The number of amides is 1. The van der Waals surface area contributed by atoms with Gasteiger partial charge in [0.15, 0.2) is 6.10 Å². The highest BCUT2D eigenvalue weighted by Gasteiger charge is 2.29. The number of fused-ring (bicyclic) bond motifs is 1. The molecule has 2 N–H and O–H groups in total. The molecule has 5 nitrogen and oxygen atoms in total. The molecule has 19 heavy (non-hydrogen) atoms. The molecule has 0 aliphatic carbocycles. The number of carboxylic acids is 1. The van der Waals surface area contributed by atoms with Gasteiger partial charge in [0.25, 0.3) is 5.91 Å². The van der Waals surface area contributed by atoms with Crippen molar-refractivity contribution in [2.45, 2.75) is 19.4 Å². The lowest BCUT2D eigenvalue weighted by molar-refractivity contribution is -0.141. The molecule has 2 atom stereocenters. The summed E-state index contributed by atoms with van der Waals surface area (Å²) in [5, 5.41) is 11.9. The fraction of sp³-hybridized carbons (Fsp3) is 0.385. The quantitative estimate of drug-likeness (QED) is 0.878. The van der Waals surface area contributed by atoms with Crippen LogP contribution in [-0.4, -0.2) is 29.6 Å². The highest BCUT2D eigenvalue weighted by molar-refractivity contribution is 6.30. The predicted octanol–water partition coefficient (Wildman–Crippen LogP) is 1.48. The molecule has 1 aromatic rings. The first-order valence-electron chi connectivity index (χ1n) is 5.93. The Labute approximate surface area is 115 Å². The molecule has 1 aromatic carbocycles. The lowest BCUT2D eigenvalue weighted by atomic mass is 10.1. The van der Waals surface area contributed by atoms with Crippen LogP contribution in [0.15, 0.2) is 18.2 Å². The van der Waals surface area contributed by atoms with Crippen molar-refractivity contribution in [3.05, 3.63) is 28.8 Å². The molecule has 0 radical (unpaired) electrons. The summed E-state index contributed by atoms with van der Waals surface area (Å²) >= 11 is 5.87. The van der Waals surface area contributed by atoms with E-state index in [2.05, 4.69) is 5.32 Å². The first kappa shape index (κ1) is 13.7. The molecular formula is C13H14ClNO4. The highest BCUT2D eigenvalue weighted by Crippen LogP contribution is 2.31. The van der Waals surface area contributed by atoms with Gasteiger partial charge in [0.2, 0.25) is 0 Å². The number of hydrogen-bond acceptors (Lipinski definition) is 3. The third-order valence-electron chi connectivity index (χ3n) is 2.99. The lowest BCUT2D eigenvalue weighted by Crippen LogP contribution is -2.40. The van der Waals surface area contributed by atoms with Crippen LogP contribution in [-0.2, 0) is 16.0 Å². The van der Waals surface area contributed by atoms with Crippen LogP contribution in [0.1, 0.15) is 12.5 Å². The van der Waals surface area contributed by atoms with E-state index in [4.69, 9.17) is 21.4 Å². The maximum Gasteiger partial charge on any atom is 0.308 e. The average molecular weight is 284 g/mol. The Morgan fingerprint density at radius 3 is 3.00 bits per heavy atom. The molecule has 1 heterocycles. The molecule has 0 bridgehead atoms. The van der Waals surface area contributed by atoms with E-state index in [1.54, 1.807) is 18.2 Å². The summed E-state index contributed by atoms with van der Waals surface area (Å²) in [6.07, 6.45) is -0.169. The molecule has 0 fully saturated rings. The SMILES string of the molecule is C[C@H](CNC(=O)[C@@H]1Cc2cc(Cl)ccc2O1)C(=O)O. The van der Waals surface area contributed by atoms with Crippen molar-refractivity contribution in [2.75, 3.05) is 6.54 Å². The van der Waals surface area contributed by atoms with Gasteiger partial charge < -0.3 is 15.2 Å². The van der Waals surface area contributed by atoms with Crippen molar-refractivity contribution >= 4 is 23.5 Å². The van der Waals surface area contributed by atoms with Crippen molar-refractivity contribution in [3.8, 4) is 5.75 Å². The third-order valence-corrected chi connectivity index (χ3v) is 3.23. The number of benzene rings is 1. The van der Waals surface area contributed by atoms with Gasteiger partial charge >= 0.3 is 5.97 Å². The number of halogens is 1. The smallest absolute Gasteiger partial charge is 0.308 e. The van der Waals surface area contributed by atoms with Gasteiger partial charge in [-0.2, -0.15) is 0 Å². The zero-order valence-electron chi connectivity index (χ0n) is 10.4. The molecule has 0 aromatic heterocycles. The van der Waals surface area contributed by atoms with Crippen LogP contribution in [0.2, 0.25) is 5.02 Å². The topological polar surface area (TPSA) is 75.6 Å². The number of nitrogens with one attached hydrogen (secondary N) is 1. The summed E-state index contributed by atoms with van der Waals surface area (Å²) in [4.78, 5) is 22.5. The van der Waals surface area contributed by atoms with Crippen molar-refractivity contribution < 1.29 is 19.4 Å². The van der Waals surface area contributed by atoms with Crippen LogP contribution in [0.4, 0.5) is 0 Å². The molecule has 6 heteroatoms. The van der Waals surface area contributed by atoms with Crippen molar-refractivity contribution in [1.82, 2.24) is 5.32 Å². The van der Waals surface area contributed by atoms with Crippen LogP contribution >= 0.6 is 11.6 Å². The summed E-state index contributed by atoms with van der Waals surface area (Å²) in [5.74, 6) is -1.22. The Morgan fingerprint density at radius 2 is 2.32 bits per heavy atom.